The number of Topliss-reactive ketones (excluding diaryl/α,β-unsaturated/α-hetero) is 1. The lowest BCUT2D eigenvalue weighted by Crippen LogP contribution is -2.50. The molecule has 2 aromatic rings. The van der Waals surface area contributed by atoms with Gasteiger partial charge in [-0.25, -0.2) is 0 Å². The monoisotopic (exact) mass is 356 g/mol. The number of H-pyrrole nitrogens is 1. The van der Waals surface area contributed by atoms with Crippen molar-refractivity contribution in [3.63, 3.8) is 0 Å². The Morgan fingerprint density at radius 2 is 2.28 bits per heavy atom. The van der Waals surface area contributed by atoms with Crippen molar-refractivity contribution in [3.05, 3.63) is 35.5 Å². The zero-order chi connectivity index (χ0) is 17.4. The number of rotatable bonds is 6. The second-order valence-corrected chi connectivity index (χ2v) is 8.81. The summed E-state index contributed by atoms with van der Waals surface area (Å²) in [4.78, 5) is 17.5. The molecule has 0 saturated carbocycles. The van der Waals surface area contributed by atoms with Crippen molar-refractivity contribution in [2.75, 3.05) is 24.6 Å². The predicted molar refractivity (Wildman–Crippen MR) is 107 cm³/mol. The summed E-state index contributed by atoms with van der Waals surface area (Å²) < 4.78 is 0. The van der Waals surface area contributed by atoms with Gasteiger partial charge in [0.25, 0.3) is 0 Å². The van der Waals surface area contributed by atoms with Crippen LogP contribution in [0.25, 0.3) is 10.9 Å². The number of hydrogen-bond acceptors (Lipinski definition) is 3. The zero-order valence-electron chi connectivity index (χ0n) is 15.3. The average Bonchev–Trinajstić information content (AvgIpc) is 3.00. The van der Waals surface area contributed by atoms with Crippen LogP contribution in [-0.4, -0.2) is 46.3 Å². The summed E-state index contributed by atoms with van der Waals surface area (Å²) >= 11 is 1.82. The number of benzene rings is 1. The highest BCUT2D eigenvalue weighted by atomic mass is 32.2. The molecule has 1 aromatic heterocycles. The van der Waals surface area contributed by atoms with Crippen molar-refractivity contribution in [2.45, 2.75) is 45.1 Å². The number of aromatic amines is 1. The fraction of sp³-hybridized carbons (Fsp3) is 0.571. The van der Waals surface area contributed by atoms with E-state index in [1.165, 1.54) is 48.8 Å². The Morgan fingerprint density at radius 3 is 3.08 bits per heavy atom. The average molecular weight is 357 g/mol. The number of fused-ring (bicyclic) bond motifs is 2. The number of aromatic nitrogens is 1. The van der Waals surface area contributed by atoms with Gasteiger partial charge in [-0.3, -0.25) is 9.69 Å². The quantitative estimate of drug-likeness (QED) is 0.841. The van der Waals surface area contributed by atoms with Crippen molar-refractivity contribution < 1.29 is 4.79 Å². The minimum atomic E-state index is 0.295. The summed E-state index contributed by atoms with van der Waals surface area (Å²) in [6, 6.07) is 7.41. The number of hydrogen-bond donors (Lipinski definition) is 1. The zero-order valence-corrected chi connectivity index (χ0v) is 16.1. The van der Waals surface area contributed by atoms with Gasteiger partial charge in [-0.2, -0.15) is 11.8 Å². The Labute approximate surface area is 154 Å². The van der Waals surface area contributed by atoms with Crippen LogP contribution in [0.4, 0.5) is 0 Å². The van der Waals surface area contributed by atoms with E-state index in [9.17, 15) is 4.79 Å². The fourth-order valence-corrected chi connectivity index (χ4v) is 5.91. The molecule has 25 heavy (non-hydrogen) atoms. The molecule has 0 bridgehead atoms. The molecule has 134 valence electrons. The van der Waals surface area contributed by atoms with Gasteiger partial charge >= 0.3 is 0 Å². The molecule has 0 spiro atoms. The molecule has 2 aliphatic rings. The van der Waals surface area contributed by atoms with Gasteiger partial charge in [0.1, 0.15) is 5.78 Å². The summed E-state index contributed by atoms with van der Waals surface area (Å²) in [5.74, 6) is 3.39. The lowest BCUT2D eigenvalue weighted by Gasteiger charge is -2.47. The standard InChI is InChI=1S/C21H28N2OS/c1-3-7-23-11-15(13-25-12-14(2)24)8-18-17-5-4-6-19-21(17)16(10-22-19)9-20(18)23/h4-6,10,15,18,20,22H,3,7-9,11-13H2,1-2H3/t15-,18?,20-/m1/s1. The van der Waals surface area contributed by atoms with Gasteiger partial charge in [0.15, 0.2) is 0 Å². The van der Waals surface area contributed by atoms with Gasteiger partial charge in [-0.15, -0.1) is 0 Å². The van der Waals surface area contributed by atoms with E-state index in [1.807, 2.05) is 11.8 Å². The molecule has 4 heteroatoms. The molecule has 2 heterocycles. The highest BCUT2D eigenvalue weighted by Gasteiger charge is 2.40. The smallest absolute Gasteiger partial charge is 0.139 e. The Kier molecular flexibility index (Phi) is 4.92. The number of piperidine rings is 1. The van der Waals surface area contributed by atoms with Gasteiger partial charge in [0.05, 0.1) is 5.75 Å². The van der Waals surface area contributed by atoms with Crippen LogP contribution in [0.3, 0.4) is 0 Å². The van der Waals surface area contributed by atoms with Crippen molar-refractivity contribution >= 4 is 28.4 Å². The predicted octanol–water partition coefficient (Wildman–Crippen LogP) is 4.23. The number of ketones is 1. The van der Waals surface area contributed by atoms with Crippen LogP contribution >= 0.6 is 11.8 Å². The number of nitrogens with one attached hydrogen (secondary N) is 1. The van der Waals surface area contributed by atoms with Crippen LogP contribution < -0.4 is 0 Å². The van der Waals surface area contributed by atoms with Gasteiger partial charge in [-0.1, -0.05) is 19.1 Å². The Bertz CT molecular complexity index is 768. The Morgan fingerprint density at radius 1 is 1.40 bits per heavy atom. The second kappa shape index (κ2) is 7.16. The maximum atomic E-state index is 11.3. The van der Waals surface area contributed by atoms with E-state index in [4.69, 9.17) is 0 Å². The largest absolute Gasteiger partial charge is 0.361 e. The van der Waals surface area contributed by atoms with E-state index in [1.54, 1.807) is 12.5 Å². The van der Waals surface area contributed by atoms with E-state index < -0.39 is 0 Å². The van der Waals surface area contributed by atoms with E-state index in [0.29, 0.717) is 29.4 Å². The number of thioether (sulfide) groups is 1. The third-order valence-electron chi connectivity index (χ3n) is 5.83. The third-order valence-corrected chi connectivity index (χ3v) is 7.15. The van der Waals surface area contributed by atoms with Gasteiger partial charge in [-0.05, 0) is 61.6 Å². The minimum absolute atomic E-state index is 0.295. The van der Waals surface area contributed by atoms with Crippen LogP contribution in [0.1, 0.15) is 43.7 Å². The van der Waals surface area contributed by atoms with Crippen LogP contribution in [0.15, 0.2) is 24.4 Å². The van der Waals surface area contributed by atoms with Crippen molar-refractivity contribution in [3.8, 4) is 0 Å². The summed E-state index contributed by atoms with van der Waals surface area (Å²) in [5, 5.41) is 1.48. The van der Waals surface area contributed by atoms with Crippen LogP contribution in [0.2, 0.25) is 0 Å². The number of carbonyl (C=O) groups excluding carboxylic acids is 1. The van der Waals surface area contributed by atoms with Crippen LogP contribution in [0, 0.1) is 5.92 Å². The van der Waals surface area contributed by atoms with E-state index in [2.05, 4.69) is 41.2 Å². The van der Waals surface area contributed by atoms with E-state index in [0.717, 1.165) is 5.75 Å². The molecule has 0 amide bonds. The van der Waals surface area contributed by atoms with Gasteiger partial charge in [0, 0.05) is 35.6 Å². The van der Waals surface area contributed by atoms with Crippen LogP contribution in [-0.2, 0) is 11.2 Å². The van der Waals surface area contributed by atoms with Crippen molar-refractivity contribution in [1.29, 1.82) is 0 Å². The molecule has 1 N–H and O–H groups in total. The summed E-state index contributed by atoms with van der Waals surface area (Å²) in [7, 11) is 0. The first-order valence-corrected chi connectivity index (χ1v) is 10.7. The summed E-state index contributed by atoms with van der Waals surface area (Å²) in [5.41, 5.74) is 4.34. The first-order chi connectivity index (χ1) is 12.2. The summed E-state index contributed by atoms with van der Waals surface area (Å²) in [6.45, 7) is 6.36. The highest BCUT2D eigenvalue weighted by Crippen LogP contribution is 2.45. The molecule has 3 nitrogen and oxygen atoms in total. The minimum Gasteiger partial charge on any atom is -0.361 e. The maximum Gasteiger partial charge on any atom is 0.139 e. The maximum absolute atomic E-state index is 11.3. The molecule has 1 aliphatic carbocycles. The molecule has 4 rings (SSSR count). The second-order valence-electron chi connectivity index (χ2n) is 7.78. The molecule has 1 aromatic carbocycles. The number of carbonyl (C=O) groups is 1. The molecule has 1 unspecified atom stereocenters. The lowest BCUT2D eigenvalue weighted by molar-refractivity contribution is -0.114. The fourth-order valence-electron chi connectivity index (χ4n) is 4.93. The van der Waals surface area contributed by atoms with Gasteiger partial charge in [0.2, 0.25) is 0 Å². The molecular formula is C21H28N2OS. The molecular weight excluding hydrogens is 328 g/mol. The van der Waals surface area contributed by atoms with Crippen molar-refractivity contribution in [2.24, 2.45) is 5.92 Å². The summed E-state index contributed by atoms with van der Waals surface area (Å²) in [6.07, 6.45) is 5.87. The molecule has 1 saturated heterocycles. The third kappa shape index (κ3) is 3.26. The number of nitrogens with zero attached hydrogens (tertiary/aromatic N) is 1. The van der Waals surface area contributed by atoms with Gasteiger partial charge < -0.3 is 4.98 Å². The Hall–Kier alpha value is -1.26. The molecule has 0 radical (unpaired) electrons. The van der Waals surface area contributed by atoms with E-state index >= 15 is 0 Å². The molecule has 1 fully saturated rings. The topological polar surface area (TPSA) is 36.1 Å². The molecule has 1 aliphatic heterocycles. The normalized spacial score (nSPS) is 25.9. The number of likely N-dealkylation sites (tertiary alicyclic amines) is 1. The van der Waals surface area contributed by atoms with Crippen LogP contribution in [0.5, 0.6) is 0 Å². The molecule has 3 atom stereocenters. The highest BCUT2D eigenvalue weighted by molar-refractivity contribution is 7.99. The van der Waals surface area contributed by atoms with Crippen molar-refractivity contribution in [1.82, 2.24) is 9.88 Å². The lowest BCUT2D eigenvalue weighted by atomic mass is 9.72. The SMILES string of the molecule is CCCN1C[C@H](CSCC(C)=O)CC2c3cccc4[nH]cc(c34)C[C@H]21. The first-order valence-electron chi connectivity index (χ1n) is 9.57. The first kappa shape index (κ1) is 17.2. The Balaban J connectivity index is 1.61. The van der Waals surface area contributed by atoms with E-state index in [-0.39, 0.29) is 0 Å².